The lowest BCUT2D eigenvalue weighted by Gasteiger charge is -2.13. The molecule has 9 N–H and O–H groups in total. The summed E-state index contributed by atoms with van der Waals surface area (Å²) in [6, 6.07) is 26.9. The van der Waals surface area contributed by atoms with Crippen LogP contribution in [0.1, 0.15) is 40.7 Å². The highest BCUT2D eigenvalue weighted by molar-refractivity contribution is 7.86. The molecule has 23 nitrogen and oxygen atoms in total. The third kappa shape index (κ3) is 14.8. The van der Waals surface area contributed by atoms with Crippen LogP contribution in [-0.2, 0) is 40.5 Å². The van der Waals surface area contributed by atoms with Crippen molar-refractivity contribution in [3.05, 3.63) is 126 Å². The first-order valence-electron chi connectivity index (χ1n) is 22.2. The quantitative estimate of drug-likeness (QED) is 0.0143. The Morgan fingerprint density at radius 2 is 1.19 bits per heavy atom. The summed E-state index contributed by atoms with van der Waals surface area (Å²) in [5, 5.41) is 35.3. The van der Waals surface area contributed by atoms with Crippen molar-refractivity contribution >= 4 is 113 Å². The average molecular weight is 1110 g/mol. The summed E-state index contributed by atoms with van der Waals surface area (Å²) >= 11 is 0. The Morgan fingerprint density at radius 1 is 0.560 bits per heavy atom. The minimum Gasteiger partial charge on any atom is -0.505 e. The summed E-state index contributed by atoms with van der Waals surface area (Å²) in [5.41, 5.74) is 8.85. The predicted octanol–water partition coefficient (Wildman–Crippen LogP) is 9.92. The van der Waals surface area contributed by atoms with Crippen molar-refractivity contribution < 1.29 is 71.3 Å². The van der Waals surface area contributed by atoms with E-state index in [9.17, 15) is 57.2 Å². The van der Waals surface area contributed by atoms with Crippen LogP contribution in [0.25, 0.3) is 21.5 Å². The zero-order valence-corrected chi connectivity index (χ0v) is 42.8. The molecule has 0 spiro atoms. The number of aromatic hydroxyl groups is 1. The SMILES string of the molecule is Cc1cc(C(=O)Nc2ccc3cc(S(=O)(=O)O)cc(OCCCCS(=O)(=O)O)c3c2)ccc1N=Nc1cc(OCCCS(=O)(=O)O)c(N=Nc2c(S(=O)(=O)O)cc3cc(Nc4ccc(N)cc4)ccc3c2O)cc1C. The highest BCUT2D eigenvalue weighted by atomic mass is 32.2. The Bertz CT molecular complexity index is 3900. The monoisotopic (exact) mass is 1110 g/mol. The fourth-order valence-corrected chi connectivity index (χ4v) is 9.62. The maximum absolute atomic E-state index is 13.5. The number of carbonyl (C=O) groups is 1. The minimum atomic E-state index is -5.02. The van der Waals surface area contributed by atoms with Gasteiger partial charge in [0.1, 0.15) is 27.8 Å². The molecule has 0 heterocycles. The third-order valence-corrected chi connectivity index (χ3v) is 14.4. The number of phenolic OH excluding ortho intramolecular Hbond substituents is 1. The third-order valence-electron chi connectivity index (χ3n) is 11.1. The molecule has 7 aromatic carbocycles. The van der Waals surface area contributed by atoms with E-state index in [0.29, 0.717) is 44.6 Å². The van der Waals surface area contributed by atoms with Crippen LogP contribution in [0.15, 0.2) is 139 Å². The number of fused-ring (bicyclic) bond motifs is 2. The van der Waals surface area contributed by atoms with E-state index in [1.165, 1.54) is 54.6 Å². The number of unbranched alkanes of at least 4 members (excludes halogenated alkanes) is 1. The van der Waals surface area contributed by atoms with Crippen LogP contribution in [-0.4, -0.2) is 87.6 Å². The molecule has 75 heavy (non-hydrogen) atoms. The van der Waals surface area contributed by atoms with Gasteiger partial charge in [-0.2, -0.15) is 43.9 Å². The molecular weight excluding hydrogens is 1060 g/mol. The number of hydrogen-bond donors (Lipinski definition) is 8. The highest BCUT2D eigenvalue weighted by Gasteiger charge is 2.23. The number of carbonyl (C=O) groups excluding carboxylic acids is 1. The Labute approximate surface area is 430 Å². The van der Waals surface area contributed by atoms with Crippen LogP contribution in [0.3, 0.4) is 0 Å². The molecule has 1 amide bonds. The molecule has 394 valence electrons. The molecule has 7 aromatic rings. The van der Waals surface area contributed by atoms with Gasteiger partial charge in [-0.25, -0.2) is 0 Å². The van der Waals surface area contributed by atoms with Gasteiger partial charge in [0.15, 0.2) is 5.75 Å². The Kier molecular flexibility index (Phi) is 16.5. The minimum absolute atomic E-state index is 0.0220. The van der Waals surface area contributed by atoms with Gasteiger partial charge < -0.3 is 30.9 Å². The molecule has 0 saturated carbocycles. The number of aryl methyl sites for hydroxylation is 2. The summed E-state index contributed by atoms with van der Waals surface area (Å²) in [4.78, 5) is 12.3. The zero-order chi connectivity index (χ0) is 54.5. The zero-order valence-electron chi connectivity index (χ0n) is 39.6. The number of anilines is 4. The van der Waals surface area contributed by atoms with Crippen molar-refractivity contribution in [1.29, 1.82) is 0 Å². The molecule has 7 rings (SSSR count). The van der Waals surface area contributed by atoms with Gasteiger partial charge in [-0.15, -0.1) is 10.2 Å². The summed E-state index contributed by atoms with van der Waals surface area (Å²) in [7, 11) is -18.2. The molecule has 0 saturated heterocycles. The predicted molar refractivity (Wildman–Crippen MR) is 280 cm³/mol. The van der Waals surface area contributed by atoms with Gasteiger partial charge in [0.2, 0.25) is 0 Å². The van der Waals surface area contributed by atoms with Gasteiger partial charge >= 0.3 is 0 Å². The summed E-state index contributed by atoms with van der Waals surface area (Å²) < 4.78 is 144. The van der Waals surface area contributed by atoms with E-state index in [-0.39, 0.29) is 77.4 Å². The molecule has 0 radical (unpaired) electrons. The molecule has 0 aliphatic carbocycles. The van der Waals surface area contributed by atoms with E-state index in [1.807, 2.05) is 0 Å². The molecule has 0 fully saturated rings. The van der Waals surface area contributed by atoms with Gasteiger partial charge in [0.05, 0.1) is 41.0 Å². The second-order valence-electron chi connectivity index (χ2n) is 16.9. The lowest BCUT2D eigenvalue weighted by molar-refractivity contribution is 0.102. The van der Waals surface area contributed by atoms with E-state index >= 15 is 0 Å². The second-order valence-corrected chi connectivity index (χ2v) is 22.8. The van der Waals surface area contributed by atoms with Crippen molar-refractivity contribution in [1.82, 2.24) is 0 Å². The van der Waals surface area contributed by atoms with Gasteiger partial charge in [-0.1, -0.05) is 6.07 Å². The van der Waals surface area contributed by atoms with Crippen molar-refractivity contribution in [2.24, 2.45) is 20.5 Å². The number of ether oxygens (including phenoxy) is 2. The molecular formula is C48H47N7O16S4. The van der Waals surface area contributed by atoms with Gasteiger partial charge in [-0.05, 0) is 146 Å². The number of hydrogen-bond acceptors (Lipinski definition) is 18. The van der Waals surface area contributed by atoms with Crippen LogP contribution >= 0.6 is 0 Å². The van der Waals surface area contributed by atoms with E-state index in [0.717, 1.165) is 12.1 Å². The van der Waals surface area contributed by atoms with Crippen molar-refractivity contribution in [3.8, 4) is 17.2 Å². The molecule has 0 unspecified atom stereocenters. The number of rotatable bonds is 21. The molecule has 27 heteroatoms. The van der Waals surface area contributed by atoms with E-state index < -0.39 is 79.1 Å². The maximum atomic E-state index is 13.5. The fraction of sp³-hybridized carbons (Fsp3) is 0.188. The lowest BCUT2D eigenvalue weighted by Crippen LogP contribution is -2.12. The Hall–Kier alpha value is -7.63. The van der Waals surface area contributed by atoms with Gasteiger partial charge in [0, 0.05) is 51.2 Å². The first-order valence-corrected chi connectivity index (χ1v) is 28.3. The number of nitrogens with zero attached hydrogens (tertiary/aromatic N) is 4. The van der Waals surface area contributed by atoms with Crippen LogP contribution in [0.2, 0.25) is 0 Å². The normalized spacial score (nSPS) is 12.5. The second kappa shape index (κ2) is 22.5. The average Bonchev–Trinajstić information content (AvgIpc) is 3.32. The van der Waals surface area contributed by atoms with Gasteiger partial charge in [-0.3, -0.25) is 23.0 Å². The van der Waals surface area contributed by atoms with Crippen LogP contribution in [0.5, 0.6) is 17.2 Å². The van der Waals surface area contributed by atoms with Crippen molar-refractivity contribution in [2.75, 3.05) is 41.1 Å². The Balaban J connectivity index is 1.13. The van der Waals surface area contributed by atoms with Gasteiger partial charge in [0.25, 0.3) is 46.4 Å². The number of amides is 1. The fourth-order valence-electron chi connectivity index (χ4n) is 7.38. The van der Waals surface area contributed by atoms with Crippen molar-refractivity contribution in [2.45, 2.75) is 42.9 Å². The maximum Gasteiger partial charge on any atom is 0.296 e. The van der Waals surface area contributed by atoms with E-state index in [4.69, 9.17) is 19.8 Å². The summed E-state index contributed by atoms with van der Waals surface area (Å²) in [5.74, 6) is -2.34. The molecule has 0 aromatic heterocycles. The van der Waals surface area contributed by atoms with Crippen LogP contribution in [0, 0.1) is 13.8 Å². The Morgan fingerprint density at radius 3 is 1.87 bits per heavy atom. The topological polar surface area (TPSA) is 373 Å². The lowest BCUT2D eigenvalue weighted by atomic mass is 10.1. The number of benzene rings is 7. The van der Waals surface area contributed by atoms with Crippen molar-refractivity contribution in [3.63, 3.8) is 0 Å². The largest absolute Gasteiger partial charge is 0.505 e. The number of nitrogen functional groups attached to an aromatic ring is 1. The molecule has 0 aliphatic heterocycles. The molecule has 0 aliphatic rings. The molecule has 0 atom stereocenters. The van der Waals surface area contributed by atoms with E-state index in [2.05, 4.69) is 31.1 Å². The number of nitrogens with one attached hydrogen (secondary N) is 2. The smallest absolute Gasteiger partial charge is 0.296 e. The summed E-state index contributed by atoms with van der Waals surface area (Å²) in [6.07, 6.45) is 0.0704. The highest BCUT2D eigenvalue weighted by Crippen LogP contribution is 2.44. The number of nitrogens with two attached hydrogens (primary N) is 1. The summed E-state index contributed by atoms with van der Waals surface area (Å²) in [6.45, 7) is 2.97. The van der Waals surface area contributed by atoms with E-state index in [1.54, 1.807) is 56.3 Å². The van der Waals surface area contributed by atoms with Crippen LogP contribution in [0.4, 0.5) is 45.5 Å². The molecule has 0 bridgehead atoms. The standard InChI is InChI=1S/C48H47N7O16S4/c1-28-20-31(48(57)51-36-10-6-30-23-37(74(64,65)66)26-43(39(30)25-36)70-16-3-4-18-72(58,59)60)7-15-40(28)52-53-41-27-44(71-17-5-19-73(61,62)63)42(21-29(41)2)54-55-46-45(75(67,68)69)24-32-22-35(13-14-38(32)47(46)56)50-34-11-8-33(49)9-12-34/h6-15,20-27,50,56H,3-5,16-19,49H2,1-2H3,(H,51,57)(H,58,59,60)(H,61,62,63)(H,64,65,66)(H,67,68,69). The number of phenols is 1. The first-order chi connectivity index (χ1) is 35.2. The first kappa shape index (κ1) is 55.1. The number of azo groups is 2. The van der Waals surface area contributed by atoms with Crippen LogP contribution < -0.4 is 25.8 Å².